The molecule has 1 atom stereocenters. The highest BCUT2D eigenvalue weighted by Crippen LogP contribution is 2.36. The number of thioether (sulfide) groups is 1. The van der Waals surface area contributed by atoms with Gasteiger partial charge in [0.1, 0.15) is 5.82 Å². The quantitative estimate of drug-likeness (QED) is 0.751. The minimum Gasteiger partial charge on any atom is -0.344 e. The number of carbonyl (C=O) groups excluding carboxylic acids is 1. The Balaban J connectivity index is 1.58. The number of benzene rings is 2. The number of nitrogens with one attached hydrogen (secondary N) is 1. The fraction of sp³-hybridized carbons (Fsp3) is 0.200. The molecule has 0 bridgehead atoms. The molecule has 2 heterocycles. The lowest BCUT2D eigenvalue weighted by atomic mass is 10.0. The van der Waals surface area contributed by atoms with Crippen molar-refractivity contribution in [1.82, 2.24) is 15.1 Å². The predicted octanol–water partition coefficient (Wildman–Crippen LogP) is 4.29. The van der Waals surface area contributed by atoms with Crippen LogP contribution in [0.1, 0.15) is 34.2 Å². The Hall–Kier alpha value is -2.60. The molecule has 4 rings (SSSR count). The molecule has 1 unspecified atom stereocenters. The van der Waals surface area contributed by atoms with E-state index in [9.17, 15) is 9.18 Å². The van der Waals surface area contributed by atoms with Gasteiger partial charge in [0, 0.05) is 16.3 Å². The number of fused-ring (bicyclic) bond motifs is 1. The first-order valence-electron chi connectivity index (χ1n) is 8.47. The van der Waals surface area contributed by atoms with Gasteiger partial charge in [0.2, 0.25) is 0 Å². The largest absolute Gasteiger partial charge is 0.344 e. The molecule has 1 aliphatic rings. The number of rotatable bonds is 3. The van der Waals surface area contributed by atoms with Crippen LogP contribution in [0.2, 0.25) is 0 Å². The second-order valence-corrected chi connectivity index (χ2v) is 7.40. The van der Waals surface area contributed by atoms with E-state index in [0.717, 1.165) is 34.0 Å². The Morgan fingerprint density at radius 2 is 2.04 bits per heavy atom. The van der Waals surface area contributed by atoms with Crippen LogP contribution in [0.3, 0.4) is 0 Å². The molecule has 1 amide bonds. The molecule has 3 aromatic rings. The molecule has 0 saturated carbocycles. The molecule has 6 heteroatoms. The maximum Gasteiger partial charge on any atom is 0.272 e. The summed E-state index contributed by atoms with van der Waals surface area (Å²) in [6.07, 6.45) is 0.769. The van der Waals surface area contributed by atoms with Crippen LogP contribution >= 0.6 is 11.8 Å². The molecule has 1 N–H and O–H groups in total. The molecule has 4 nitrogen and oxygen atoms in total. The van der Waals surface area contributed by atoms with Gasteiger partial charge in [-0.2, -0.15) is 5.10 Å². The summed E-state index contributed by atoms with van der Waals surface area (Å²) in [6, 6.07) is 16.0. The fourth-order valence-electron chi connectivity index (χ4n) is 3.16. The predicted molar refractivity (Wildman–Crippen MR) is 100 cm³/mol. The molecule has 0 radical (unpaired) electrons. The monoisotopic (exact) mass is 367 g/mol. The van der Waals surface area contributed by atoms with Gasteiger partial charge in [0.15, 0.2) is 5.69 Å². The van der Waals surface area contributed by atoms with Gasteiger partial charge >= 0.3 is 0 Å². The van der Waals surface area contributed by atoms with Crippen LogP contribution in [0.4, 0.5) is 4.39 Å². The second kappa shape index (κ2) is 6.96. The number of carbonyl (C=O) groups is 1. The van der Waals surface area contributed by atoms with Crippen molar-refractivity contribution in [2.45, 2.75) is 24.3 Å². The Morgan fingerprint density at radius 3 is 2.85 bits per heavy atom. The van der Waals surface area contributed by atoms with Crippen LogP contribution in [-0.2, 0) is 0 Å². The minimum atomic E-state index is -0.283. The van der Waals surface area contributed by atoms with Crippen molar-refractivity contribution >= 4 is 17.7 Å². The van der Waals surface area contributed by atoms with Crippen molar-refractivity contribution in [3.05, 3.63) is 77.4 Å². The second-order valence-electron chi connectivity index (χ2n) is 6.26. The Labute approximate surface area is 155 Å². The molecule has 2 aromatic carbocycles. The van der Waals surface area contributed by atoms with Crippen LogP contribution < -0.4 is 5.32 Å². The van der Waals surface area contributed by atoms with Crippen LogP contribution in [0.15, 0.2) is 59.5 Å². The third-order valence-corrected chi connectivity index (χ3v) is 5.56. The van der Waals surface area contributed by atoms with Gasteiger partial charge in [0.05, 0.1) is 11.7 Å². The summed E-state index contributed by atoms with van der Waals surface area (Å²) in [4.78, 5) is 13.7. The molecule has 0 aliphatic carbocycles. The number of hydrogen-bond acceptors (Lipinski definition) is 3. The number of hydrogen-bond donors (Lipinski definition) is 1. The Morgan fingerprint density at radius 1 is 1.23 bits per heavy atom. The Bertz CT molecular complexity index is 955. The van der Waals surface area contributed by atoms with Gasteiger partial charge < -0.3 is 5.32 Å². The first kappa shape index (κ1) is 16.8. The van der Waals surface area contributed by atoms with E-state index >= 15 is 0 Å². The molecule has 26 heavy (non-hydrogen) atoms. The maximum atomic E-state index is 13.6. The molecule has 1 aliphatic heterocycles. The molecule has 0 spiro atoms. The van der Waals surface area contributed by atoms with Crippen molar-refractivity contribution in [2.75, 3.05) is 5.75 Å². The number of aromatic nitrogens is 2. The van der Waals surface area contributed by atoms with E-state index in [1.54, 1.807) is 28.6 Å². The van der Waals surface area contributed by atoms with E-state index < -0.39 is 0 Å². The first-order valence-corrected chi connectivity index (χ1v) is 9.45. The zero-order chi connectivity index (χ0) is 18.1. The van der Waals surface area contributed by atoms with Crippen molar-refractivity contribution in [1.29, 1.82) is 0 Å². The number of aryl methyl sites for hydroxylation is 1. The minimum absolute atomic E-state index is 0.198. The summed E-state index contributed by atoms with van der Waals surface area (Å²) in [6.45, 7) is 1.92. The lowest BCUT2D eigenvalue weighted by Crippen LogP contribution is -2.31. The summed E-state index contributed by atoms with van der Waals surface area (Å²) in [7, 11) is 0. The van der Waals surface area contributed by atoms with E-state index in [2.05, 4.69) is 10.4 Å². The van der Waals surface area contributed by atoms with Crippen molar-refractivity contribution < 1.29 is 9.18 Å². The number of amides is 1. The van der Waals surface area contributed by atoms with Crippen molar-refractivity contribution in [2.24, 2.45) is 0 Å². The number of halogens is 1. The first-order chi connectivity index (χ1) is 12.6. The third-order valence-electron chi connectivity index (χ3n) is 4.44. The Kier molecular flexibility index (Phi) is 4.51. The van der Waals surface area contributed by atoms with Gasteiger partial charge in [-0.15, -0.1) is 11.8 Å². The van der Waals surface area contributed by atoms with E-state index in [4.69, 9.17) is 0 Å². The van der Waals surface area contributed by atoms with Crippen molar-refractivity contribution in [3.8, 4) is 5.69 Å². The molecule has 0 saturated heterocycles. The third kappa shape index (κ3) is 3.24. The van der Waals surface area contributed by atoms with Gasteiger partial charge in [-0.3, -0.25) is 4.79 Å². The SMILES string of the molecule is Cc1cc(C(=O)NC2CCSc3ccc(F)cc32)nn1-c1ccccc1. The number of nitrogens with zero attached hydrogens (tertiary/aromatic N) is 2. The number of para-hydroxylation sites is 1. The van der Waals surface area contributed by atoms with E-state index in [0.29, 0.717) is 5.69 Å². The summed E-state index contributed by atoms with van der Waals surface area (Å²) in [5.74, 6) is 0.366. The average Bonchev–Trinajstić information content (AvgIpc) is 3.05. The van der Waals surface area contributed by atoms with Crippen LogP contribution in [0.25, 0.3) is 5.69 Å². The van der Waals surface area contributed by atoms with Crippen molar-refractivity contribution in [3.63, 3.8) is 0 Å². The highest BCUT2D eigenvalue weighted by molar-refractivity contribution is 7.99. The summed E-state index contributed by atoms with van der Waals surface area (Å²) in [5.41, 5.74) is 2.99. The molecule has 1 aromatic heterocycles. The fourth-order valence-corrected chi connectivity index (χ4v) is 4.27. The molecular formula is C20H18FN3OS. The van der Waals surface area contributed by atoms with Crippen LogP contribution in [0.5, 0.6) is 0 Å². The van der Waals surface area contributed by atoms with Gasteiger partial charge in [0.25, 0.3) is 5.91 Å². The zero-order valence-electron chi connectivity index (χ0n) is 14.3. The molecular weight excluding hydrogens is 349 g/mol. The average molecular weight is 367 g/mol. The normalized spacial score (nSPS) is 16.2. The summed E-state index contributed by atoms with van der Waals surface area (Å²) < 4.78 is 15.4. The lowest BCUT2D eigenvalue weighted by molar-refractivity contribution is 0.0929. The summed E-state index contributed by atoms with van der Waals surface area (Å²) >= 11 is 1.69. The highest BCUT2D eigenvalue weighted by atomic mass is 32.2. The maximum absolute atomic E-state index is 13.6. The topological polar surface area (TPSA) is 46.9 Å². The zero-order valence-corrected chi connectivity index (χ0v) is 15.1. The smallest absolute Gasteiger partial charge is 0.272 e. The van der Waals surface area contributed by atoms with Gasteiger partial charge in [-0.05, 0) is 55.3 Å². The standard InChI is InChI=1S/C20H18FN3OS/c1-13-11-18(23-24(13)15-5-3-2-4-6-15)20(25)22-17-9-10-26-19-8-7-14(21)12-16(17)19/h2-8,11-12,17H,9-10H2,1H3,(H,22,25). The van der Waals surface area contributed by atoms with Crippen LogP contribution in [-0.4, -0.2) is 21.4 Å². The van der Waals surface area contributed by atoms with E-state index in [1.807, 2.05) is 37.3 Å². The lowest BCUT2D eigenvalue weighted by Gasteiger charge is -2.25. The molecule has 0 fully saturated rings. The van der Waals surface area contributed by atoms with Gasteiger partial charge in [-0.1, -0.05) is 18.2 Å². The highest BCUT2D eigenvalue weighted by Gasteiger charge is 2.24. The van der Waals surface area contributed by atoms with Crippen LogP contribution in [0, 0.1) is 12.7 Å². The van der Waals surface area contributed by atoms with E-state index in [1.165, 1.54) is 12.1 Å². The van der Waals surface area contributed by atoms with E-state index in [-0.39, 0.29) is 17.8 Å². The summed E-state index contributed by atoms with van der Waals surface area (Å²) in [5, 5.41) is 7.46. The molecule has 132 valence electrons. The van der Waals surface area contributed by atoms with Gasteiger partial charge in [-0.25, -0.2) is 9.07 Å².